The zero-order valence-electron chi connectivity index (χ0n) is 15.6. The summed E-state index contributed by atoms with van der Waals surface area (Å²) in [6.45, 7) is 4.51. The van der Waals surface area contributed by atoms with Gasteiger partial charge in [0.15, 0.2) is 0 Å². The van der Waals surface area contributed by atoms with E-state index < -0.39 is 11.4 Å². The maximum Gasteiger partial charge on any atom is 0.331 e. The van der Waals surface area contributed by atoms with Crippen LogP contribution in [0.5, 0.6) is 0 Å². The fourth-order valence-electron chi connectivity index (χ4n) is 5.50. The van der Waals surface area contributed by atoms with E-state index in [0.29, 0.717) is 17.9 Å². The van der Waals surface area contributed by atoms with Gasteiger partial charge in [0.25, 0.3) is 0 Å². The molecule has 5 nitrogen and oxygen atoms in total. The SMILES string of the molecule is C[C@@H]1CC[C@]2(CO)C(C(=O)O)=CCC[C@@H]2[C@]1(C)CC[C@H](CO)CCO. The lowest BCUT2D eigenvalue weighted by atomic mass is 9.46. The molecule has 0 spiro atoms. The van der Waals surface area contributed by atoms with Crippen molar-refractivity contribution >= 4 is 5.97 Å². The van der Waals surface area contributed by atoms with Gasteiger partial charge in [-0.15, -0.1) is 0 Å². The van der Waals surface area contributed by atoms with E-state index in [9.17, 15) is 20.1 Å². The molecule has 0 amide bonds. The summed E-state index contributed by atoms with van der Waals surface area (Å²) in [4.78, 5) is 11.8. The minimum absolute atomic E-state index is 0.0705. The van der Waals surface area contributed by atoms with Gasteiger partial charge in [-0.1, -0.05) is 19.9 Å². The van der Waals surface area contributed by atoms with Crippen LogP contribution in [-0.4, -0.2) is 46.2 Å². The molecule has 2 aliphatic rings. The van der Waals surface area contributed by atoms with E-state index in [2.05, 4.69) is 13.8 Å². The second-order valence-corrected chi connectivity index (χ2v) is 8.41. The third-order valence-electron chi connectivity index (χ3n) is 7.35. The molecule has 2 rings (SSSR count). The number of hydrogen-bond acceptors (Lipinski definition) is 4. The van der Waals surface area contributed by atoms with E-state index >= 15 is 0 Å². The van der Waals surface area contributed by atoms with Gasteiger partial charge in [0.1, 0.15) is 0 Å². The van der Waals surface area contributed by atoms with Crippen molar-refractivity contribution in [1.29, 1.82) is 0 Å². The van der Waals surface area contributed by atoms with E-state index in [1.54, 1.807) is 0 Å². The first-order valence-corrected chi connectivity index (χ1v) is 9.62. The predicted molar refractivity (Wildman–Crippen MR) is 96.0 cm³/mol. The van der Waals surface area contributed by atoms with Gasteiger partial charge in [-0.05, 0) is 68.1 Å². The van der Waals surface area contributed by atoms with Gasteiger partial charge in [-0.25, -0.2) is 4.79 Å². The quantitative estimate of drug-likeness (QED) is 0.537. The number of aliphatic hydroxyl groups excluding tert-OH is 3. The highest BCUT2D eigenvalue weighted by Crippen LogP contribution is 2.62. The Kier molecular flexibility index (Phi) is 6.68. The van der Waals surface area contributed by atoms with E-state index in [-0.39, 0.29) is 37.1 Å². The number of fused-ring (bicyclic) bond motifs is 1. The van der Waals surface area contributed by atoms with Crippen molar-refractivity contribution in [2.45, 2.75) is 58.8 Å². The van der Waals surface area contributed by atoms with E-state index in [4.69, 9.17) is 5.11 Å². The molecule has 1 saturated carbocycles. The molecule has 5 heteroatoms. The summed E-state index contributed by atoms with van der Waals surface area (Å²) < 4.78 is 0. The Bertz CT molecular complexity index is 502. The number of carboxylic acids is 1. The summed E-state index contributed by atoms with van der Waals surface area (Å²) >= 11 is 0. The molecule has 5 atom stereocenters. The molecule has 0 radical (unpaired) electrons. The molecule has 0 unspecified atom stereocenters. The highest BCUT2D eigenvalue weighted by Gasteiger charge is 2.57. The highest BCUT2D eigenvalue weighted by atomic mass is 16.4. The van der Waals surface area contributed by atoms with E-state index in [1.165, 1.54) is 0 Å². The van der Waals surface area contributed by atoms with E-state index in [0.717, 1.165) is 38.5 Å². The lowest BCUT2D eigenvalue weighted by Crippen LogP contribution is -2.54. The monoisotopic (exact) mass is 354 g/mol. The molecule has 2 aliphatic carbocycles. The van der Waals surface area contributed by atoms with Crippen LogP contribution in [0.3, 0.4) is 0 Å². The molecular weight excluding hydrogens is 320 g/mol. The Morgan fingerprint density at radius 2 is 2.00 bits per heavy atom. The molecule has 144 valence electrons. The minimum Gasteiger partial charge on any atom is -0.478 e. The number of carbonyl (C=O) groups is 1. The van der Waals surface area contributed by atoms with Gasteiger partial charge in [-0.2, -0.15) is 0 Å². The number of rotatable bonds is 8. The smallest absolute Gasteiger partial charge is 0.331 e. The molecule has 25 heavy (non-hydrogen) atoms. The Labute approximate surface area is 150 Å². The second kappa shape index (κ2) is 8.19. The zero-order chi connectivity index (χ0) is 18.7. The molecule has 0 aliphatic heterocycles. The largest absolute Gasteiger partial charge is 0.478 e. The number of hydrogen-bond donors (Lipinski definition) is 4. The summed E-state index contributed by atoms with van der Waals surface area (Å²) in [5.41, 5.74) is -0.311. The van der Waals surface area contributed by atoms with Crippen LogP contribution in [0, 0.1) is 28.6 Å². The molecular formula is C20H34O5. The Morgan fingerprint density at radius 3 is 2.56 bits per heavy atom. The molecule has 1 fully saturated rings. The first-order valence-electron chi connectivity index (χ1n) is 9.62. The van der Waals surface area contributed by atoms with Crippen LogP contribution in [0.1, 0.15) is 58.8 Å². The molecule has 0 aromatic rings. The van der Waals surface area contributed by atoms with Gasteiger partial charge < -0.3 is 20.4 Å². The van der Waals surface area contributed by atoms with Gasteiger partial charge in [0.05, 0.1) is 6.61 Å². The summed E-state index contributed by atoms with van der Waals surface area (Å²) in [7, 11) is 0. The van der Waals surface area contributed by atoms with Crippen molar-refractivity contribution < 1.29 is 25.2 Å². The fourth-order valence-corrected chi connectivity index (χ4v) is 5.50. The number of allylic oxidation sites excluding steroid dienone is 1. The lowest BCUT2D eigenvalue weighted by molar-refractivity contribution is -0.140. The maximum atomic E-state index is 11.8. The first kappa shape index (κ1) is 20.4. The van der Waals surface area contributed by atoms with E-state index in [1.807, 2.05) is 6.08 Å². The maximum absolute atomic E-state index is 11.8. The van der Waals surface area contributed by atoms with Crippen molar-refractivity contribution in [3.63, 3.8) is 0 Å². The molecule has 4 N–H and O–H groups in total. The summed E-state index contributed by atoms with van der Waals surface area (Å²) in [5, 5.41) is 38.6. The normalized spacial score (nSPS) is 36.4. The van der Waals surface area contributed by atoms with Gasteiger partial charge in [0, 0.05) is 24.2 Å². The van der Waals surface area contributed by atoms with Crippen LogP contribution in [0.15, 0.2) is 11.6 Å². The Hall–Kier alpha value is -0.910. The van der Waals surface area contributed by atoms with Crippen LogP contribution in [-0.2, 0) is 4.79 Å². The standard InChI is InChI=1S/C20H34O5/c1-14-6-10-20(13-23)16(18(24)25)4-3-5-17(20)19(14,2)9-7-15(12-22)8-11-21/h4,14-15,17,21-23H,3,5-13H2,1-2H3,(H,24,25)/t14-,15+,17-,19-,20+/m1/s1. The third kappa shape index (κ3) is 3.64. The van der Waals surface area contributed by atoms with Crippen molar-refractivity contribution in [3.05, 3.63) is 11.6 Å². The fraction of sp³-hybridized carbons (Fsp3) is 0.850. The predicted octanol–water partition coefficient (Wildman–Crippen LogP) is 2.59. The summed E-state index contributed by atoms with van der Waals surface area (Å²) in [6, 6.07) is 0. The van der Waals surface area contributed by atoms with Gasteiger partial charge in [0.2, 0.25) is 0 Å². The molecule has 0 bridgehead atoms. The molecule has 0 heterocycles. The van der Waals surface area contributed by atoms with Crippen LogP contribution >= 0.6 is 0 Å². The topological polar surface area (TPSA) is 98.0 Å². The van der Waals surface area contributed by atoms with Crippen LogP contribution in [0.2, 0.25) is 0 Å². The molecule has 0 saturated heterocycles. The summed E-state index contributed by atoms with van der Waals surface area (Å²) in [6.07, 6.45) is 7.40. The van der Waals surface area contributed by atoms with Crippen LogP contribution in [0.25, 0.3) is 0 Å². The molecule has 0 aromatic heterocycles. The van der Waals surface area contributed by atoms with Gasteiger partial charge >= 0.3 is 5.97 Å². The minimum atomic E-state index is -0.899. The Morgan fingerprint density at radius 1 is 1.28 bits per heavy atom. The second-order valence-electron chi connectivity index (χ2n) is 8.41. The van der Waals surface area contributed by atoms with Crippen molar-refractivity contribution in [3.8, 4) is 0 Å². The van der Waals surface area contributed by atoms with Gasteiger partial charge in [-0.3, -0.25) is 0 Å². The van der Waals surface area contributed by atoms with Crippen LogP contribution < -0.4 is 0 Å². The zero-order valence-corrected chi connectivity index (χ0v) is 15.6. The Balaban J connectivity index is 2.30. The lowest BCUT2D eigenvalue weighted by Gasteiger charge is -2.58. The van der Waals surface area contributed by atoms with Crippen molar-refractivity contribution in [1.82, 2.24) is 0 Å². The number of aliphatic hydroxyl groups is 3. The summed E-state index contributed by atoms with van der Waals surface area (Å²) in [5.74, 6) is -0.237. The third-order valence-corrected chi connectivity index (χ3v) is 7.35. The molecule has 0 aromatic carbocycles. The average Bonchev–Trinajstić information content (AvgIpc) is 2.61. The highest BCUT2D eigenvalue weighted by molar-refractivity contribution is 5.88. The first-order chi connectivity index (χ1) is 11.9. The average molecular weight is 354 g/mol. The number of carboxylic acid groups (broad SMARTS) is 1. The van der Waals surface area contributed by atoms with Crippen molar-refractivity contribution in [2.24, 2.45) is 28.6 Å². The van der Waals surface area contributed by atoms with Crippen LogP contribution in [0.4, 0.5) is 0 Å². The van der Waals surface area contributed by atoms with Crippen molar-refractivity contribution in [2.75, 3.05) is 19.8 Å². The number of aliphatic carboxylic acids is 1.